The third kappa shape index (κ3) is 6.24. The smallest absolute Gasteiger partial charge is 0.269 e. The summed E-state index contributed by atoms with van der Waals surface area (Å²) in [7, 11) is 0. The minimum absolute atomic E-state index is 0.00114. The van der Waals surface area contributed by atoms with E-state index >= 15 is 0 Å². The lowest BCUT2D eigenvalue weighted by Crippen LogP contribution is -2.35. The van der Waals surface area contributed by atoms with E-state index in [1.165, 1.54) is 0 Å². The van der Waals surface area contributed by atoms with E-state index < -0.39 is 0 Å². The van der Waals surface area contributed by atoms with Crippen LogP contribution < -0.4 is 10.1 Å². The Morgan fingerprint density at radius 1 is 1.09 bits per heavy atom. The highest BCUT2D eigenvalue weighted by Crippen LogP contribution is 2.30. The zero-order valence-electron chi connectivity index (χ0n) is 19.6. The molecule has 1 atom stereocenters. The first-order valence-electron chi connectivity index (χ1n) is 11.5. The van der Waals surface area contributed by atoms with Gasteiger partial charge in [-0.1, -0.05) is 44.2 Å². The molecule has 0 radical (unpaired) electrons. The highest BCUT2D eigenvalue weighted by Gasteiger charge is 2.21. The molecule has 0 aliphatic heterocycles. The third-order valence-electron chi connectivity index (χ3n) is 5.70. The normalized spacial score (nSPS) is 11.7. The van der Waals surface area contributed by atoms with Gasteiger partial charge in [0, 0.05) is 12.2 Å². The molecule has 1 amide bonds. The molecule has 6 nitrogen and oxygen atoms in total. The Labute approximate surface area is 196 Å². The average molecular weight is 445 g/mol. The van der Waals surface area contributed by atoms with Crippen LogP contribution in [0.2, 0.25) is 0 Å². The van der Waals surface area contributed by atoms with Gasteiger partial charge in [0.2, 0.25) is 0 Å². The van der Waals surface area contributed by atoms with Crippen LogP contribution in [-0.2, 0) is 0 Å². The number of carbonyl (C=O) groups is 1. The topological polar surface area (TPSA) is 70.3 Å². The van der Waals surface area contributed by atoms with E-state index in [1.807, 2.05) is 61.5 Å². The van der Waals surface area contributed by atoms with Crippen molar-refractivity contribution in [2.75, 3.05) is 19.6 Å². The van der Waals surface area contributed by atoms with E-state index in [4.69, 9.17) is 4.74 Å². The van der Waals surface area contributed by atoms with Crippen molar-refractivity contribution in [1.82, 2.24) is 14.8 Å². The summed E-state index contributed by atoms with van der Waals surface area (Å²) in [5.41, 5.74) is 1.34. The van der Waals surface area contributed by atoms with Gasteiger partial charge < -0.3 is 19.5 Å². The number of hydrogen-bond donors (Lipinski definition) is 1. The third-order valence-corrected chi connectivity index (χ3v) is 5.70. The van der Waals surface area contributed by atoms with Gasteiger partial charge in [0.15, 0.2) is 5.75 Å². The van der Waals surface area contributed by atoms with Crippen LogP contribution in [0.15, 0.2) is 66.9 Å². The van der Waals surface area contributed by atoms with Crippen LogP contribution in [0.5, 0.6) is 11.5 Å². The van der Waals surface area contributed by atoms with Crippen LogP contribution in [0, 0.1) is 11.3 Å². The van der Waals surface area contributed by atoms with Crippen molar-refractivity contribution >= 4 is 5.91 Å². The Bertz CT molecular complexity index is 1080. The van der Waals surface area contributed by atoms with E-state index in [1.54, 1.807) is 16.8 Å². The molecule has 2 aromatic carbocycles. The second-order valence-corrected chi connectivity index (χ2v) is 7.99. The van der Waals surface area contributed by atoms with Crippen molar-refractivity contribution < 1.29 is 9.53 Å². The number of aromatic nitrogens is 1. The lowest BCUT2D eigenvalue weighted by Gasteiger charge is -2.20. The fourth-order valence-corrected chi connectivity index (χ4v) is 3.84. The van der Waals surface area contributed by atoms with Crippen molar-refractivity contribution in [1.29, 1.82) is 5.26 Å². The number of para-hydroxylation sites is 3. The van der Waals surface area contributed by atoms with E-state index in [0.29, 0.717) is 28.4 Å². The Balaban J connectivity index is 1.80. The summed E-state index contributed by atoms with van der Waals surface area (Å²) in [5.74, 6) is 1.04. The highest BCUT2D eigenvalue weighted by molar-refractivity contribution is 5.96. The molecule has 0 saturated heterocycles. The molecule has 0 spiro atoms. The monoisotopic (exact) mass is 444 g/mol. The average Bonchev–Trinajstić information content (AvgIpc) is 3.27. The maximum Gasteiger partial charge on any atom is 0.269 e. The van der Waals surface area contributed by atoms with Gasteiger partial charge in [-0.2, -0.15) is 5.26 Å². The van der Waals surface area contributed by atoms with E-state index in [2.05, 4.69) is 30.1 Å². The Morgan fingerprint density at radius 2 is 1.79 bits per heavy atom. The SMILES string of the molecule is CCN(CC)CCCC(C)NC(=O)c1c(C#N)ccn1-c1ccccc1Oc1ccccc1. The molecule has 1 N–H and O–H groups in total. The number of carbonyl (C=O) groups excluding carboxylic acids is 1. The van der Waals surface area contributed by atoms with Crippen LogP contribution in [0.25, 0.3) is 5.69 Å². The van der Waals surface area contributed by atoms with Gasteiger partial charge in [-0.15, -0.1) is 0 Å². The quantitative estimate of drug-likeness (QED) is 0.431. The summed E-state index contributed by atoms with van der Waals surface area (Å²) in [6, 6.07) is 20.8. The summed E-state index contributed by atoms with van der Waals surface area (Å²) in [5, 5.41) is 12.7. The molecular formula is C27H32N4O2. The van der Waals surface area contributed by atoms with Crippen molar-refractivity contribution in [2.24, 2.45) is 0 Å². The van der Waals surface area contributed by atoms with Gasteiger partial charge >= 0.3 is 0 Å². The molecular weight excluding hydrogens is 412 g/mol. The number of rotatable bonds is 11. The van der Waals surface area contributed by atoms with E-state index in [9.17, 15) is 10.1 Å². The highest BCUT2D eigenvalue weighted by atomic mass is 16.5. The molecule has 0 saturated carbocycles. The Hall–Kier alpha value is -3.56. The summed E-state index contributed by atoms with van der Waals surface area (Å²) in [6.45, 7) is 9.39. The first-order chi connectivity index (χ1) is 16.1. The van der Waals surface area contributed by atoms with Crippen molar-refractivity contribution in [2.45, 2.75) is 39.7 Å². The lowest BCUT2D eigenvalue weighted by molar-refractivity contribution is 0.0930. The number of nitriles is 1. The Morgan fingerprint density at radius 3 is 2.48 bits per heavy atom. The second kappa shape index (κ2) is 11.9. The number of amides is 1. The number of ether oxygens (including phenoxy) is 1. The van der Waals surface area contributed by atoms with Gasteiger partial charge in [0.25, 0.3) is 5.91 Å². The Kier molecular flexibility index (Phi) is 8.68. The molecule has 6 heteroatoms. The molecule has 3 rings (SSSR count). The fraction of sp³-hybridized carbons (Fsp3) is 0.333. The summed E-state index contributed by atoms with van der Waals surface area (Å²) >= 11 is 0. The first kappa shape index (κ1) is 24.1. The predicted octanol–water partition coefficient (Wildman–Crippen LogP) is 5.38. The number of nitrogens with zero attached hydrogens (tertiary/aromatic N) is 3. The second-order valence-electron chi connectivity index (χ2n) is 7.99. The molecule has 0 bridgehead atoms. The predicted molar refractivity (Wildman–Crippen MR) is 131 cm³/mol. The number of hydrogen-bond acceptors (Lipinski definition) is 4. The van der Waals surface area contributed by atoms with Gasteiger partial charge in [-0.05, 0) is 69.7 Å². The van der Waals surface area contributed by atoms with Crippen LogP contribution in [0.3, 0.4) is 0 Å². The van der Waals surface area contributed by atoms with Crippen LogP contribution in [-0.4, -0.2) is 41.1 Å². The molecule has 1 heterocycles. The van der Waals surface area contributed by atoms with Crippen LogP contribution in [0.1, 0.15) is 49.7 Å². The van der Waals surface area contributed by atoms with Gasteiger partial charge in [0.05, 0.1) is 11.3 Å². The minimum atomic E-state index is -0.263. The van der Waals surface area contributed by atoms with Gasteiger partial charge in [-0.3, -0.25) is 4.79 Å². The van der Waals surface area contributed by atoms with E-state index in [0.717, 1.165) is 32.5 Å². The summed E-state index contributed by atoms with van der Waals surface area (Å²) in [4.78, 5) is 15.6. The van der Waals surface area contributed by atoms with Gasteiger partial charge in [-0.25, -0.2) is 0 Å². The molecule has 1 aromatic heterocycles. The van der Waals surface area contributed by atoms with E-state index in [-0.39, 0.29) is 11.9 Å². The largest absolute Gasteiger partial charge is 0.455 e. The number of nitrogens with one attached hydrogen (secondary N) is 1. The zero-order valence-corrected chi connectivity index (χ0v) is 19.6. The molecule has 172 valence electrons. The summed E-state index contributed by atoms with van der Waals surface area (Å²) < 4.78 is 7.81. The minimum Gasteiger partial charge on any atom is -0.455 e. The standard InChI is InChI=1S/C27H32N4O2/c1-4-30(5-2)18-11-12-21(3)29-27(32)26-22(20-28)17-19-31(26)24-15-9-10-16-25(24)33-23-13-7-6-8-14-23/h6-10,13-17,19,21H,4-5,11-12,18H2,1-3H3,(H,29,32). The zero-order chi connectivity index (χ0) is 23.6. The molecule has 0 aliphatic carbocycles. The number of benzene rings is 2. The maximum atomic E-state index is 13.2. The van der Waals surface area contributed by atoms with Crippen molar-refractivity contribution in [3.8, 4) is 23.3 Å². The lowest BCUT2D eigenvalue weighted by atomic mass is 10.1. The molecule has 1 unspecified atom stereocenters. The molecule has 33 heavy (non-hydrogen) atoms. The van der Waals surface area contributed by atoms with Crippen LogP contribution in [0.4, 0.5) is 0 Å². The molecule has 0 fully saturated rings. The van der Waals surface area contributed by atoms with Crippen LogP contribution >= 0.6 is 0 Å². The molecule has 0 aliphatic rings. The maximum absolute atomic E-state index is 13.2. The fourth-order valence-electron chi connectivity index (χ4n) is 3.84. The van der Waals surface area contributed by atoms with Crippen molar-refractivity contribution in [3.63, 3.8) is 0 Å². The first-order valence-corrected chi connectivity index (χ1v) is 11.5. The molecule has 3 aromatic rings. The van der Waals surface area contributed by atoms with Gasteiger partial charge in [0.1, 0.15) is 17.5 Å². The summed E-state index contributed by atoms with van der Waals surface area (Å²) in [6.07, 6.45) is 3.62. The van der Waals surface area contributed by atoms with Crippen molar-refractivity contribution in [3.05, 3.63) is 78.1 Å².